The molecule has 118 valence electrons. The standard InChI is InChI=1S/C19H20N2O2/c22-18-14-8-2-1-3-9-15(14)19(23-18,16-10-4-6-12-20-16)17-11-5-7-13-21-17/h4-7,10-15H,1-3,8-9H2/t14-,15+/m0/s1. The number of aromatic nitrogens is 2. The summed E-state index contributed by atoms with van der Waals surface area (Å²) in [6.07, 6.45) is 8.81. The van der Waals surface area contributed by atoms with Crippen molar-refractivity contribution in [1.82, 2.24) is 9.97 Å². The monoisotopic (exact) mass is 308 g/mol. The molecule has 3 heterocycles. The highest BCUT2D eigenvalue weighted by molar-refractivity contribution is 5.77. The zero-order valence-electron chi connectivity index (χ0n) is 13.0. The molecule has 0 N–H and O–H groups in total. The largest absolute Gasteiger partial charge is 0.445 e. The molecule has 4 heteroatoms. The first-order valence-corrected chi connectivity index (χ1v) is 8.38. The molecule has 1 aliphatic heterocycles. The van der Waals surface area contributed by atoms with Crippen molar-refractivity contribution in [3.05, 3.63) is 60.2 Å². The second-order valence-electron chi connectivity index (χ2n) is 6.44. The Balaban J connectivity index is 1.91. The molecule has 0 spiro atoms. The molecule has 0 radical (unpaired) electrons. The Morgan fingerprint density at radius 2 is 1.57 bits per heavy atom. The Morgan fingerprint density at radius 3 is 2.17 bits per heavy atom. The van der Waals surface area contributed by atoms with Crippen molar-refractivity contribution in [3.8, 4) is 0 Å². The van der Waals surface area contributed by atoms with Crippen LogP contribution < -0.4 is 0 Å². The minimum atomic E-state index is -0.839. The molecule has 1 saturated heterocycles. The van der Waals surface area contributed by atoms with Gasteiger partial charge in [-0.15, -0.1) is 0 Å². The van der Waals surface area contributed by atoms with Gasteiger partial charge in [-0.3, -0.25) is 14.8 Å². The number of fused-ring (bicyclic) bond motifs is 1. The smallest absolute Gasteiger partial charge is 0.310 e. The lowest BCUT2D eigenvalue weighted by molar-refractivity contribution is -0.149. The number of carbonyl (C=O) groups is 1. The van der Waals surface area contributed by atoms with Gasteiger partial charge in [-0.1, -0.05) is 31.4 Å². The number of cyclic esters (lactones) is 1. The van der Waals surface area contributed by atoms with Gasteiger partial charge in [0.05, 0.1) is 17.3 Å². The lowest BCUT2D eigenvalue weighted by Crippen LogP contribution is -2.37. The fourth-order valence-corrected chi connectivity index (χ4v) is 4.17. The maximum absolute atomic E-state index is 12.6. The Bertz CT molecular complexity index is 648. The summed E-state index contributed by atoms with van der Waals surface area (Å²) in [7, 11) is 0. The van der Waals surface area contributed by atoms with E-state index in [1.807, 2.05) is 36.4 Å². The van der Waals surface area contributed by atoms with Crippen LogP contribution in [0.2, 0.25) is 0 Å². The van der Waals surface area contributed by atoms with Gasteiger partial charge in [0.15, 0.2) is 5.60 Å². The molecule has 0 amide bonds. The van der Waals surface area contributed by atoms with Crippen LogP contribution in [0, 0.1) is 11.8 Å². The molecule has 4 nitrogen and oxygen atoms in total. The van der Waals surface area contributed by atoms with E-state index in [2.05, 4.69) is 9.97 Å². The molecule has 2 atom stereocenters. The van der Waals surface area contributed by atoms with Gasteiger partial charge < -0.3 is 4.74 Å². The highest BCUT2D eigenvalue weighted by Gasteiger charge is 2.58. The van der Waals surface area contributed by atoms with Crippen LogP contribution in [0.4, 0.5) is 0 Å². The number of ether oxygens (including phenoxy) is 1. The summed E-state index contributed by atoms with van der Waals surface area (Å²) in [6.45, 7) is 0. The van der Waals surface area contributed by atoms with Crippen LogP contribution in [0.1, 0.15) is 43.5 Å². The lowest BCUT2D eigenvalue weighted by Gasteiger charge is -2.33. The van der Waals surface area contributed by atoms with Crippen molar-refractivity contribution in [3.63, 3.8) is 0 Å². The van der Waals surface area contributed by atoms with Gasteiger partial charge in [0.2, 0.25) is 0 Å². The van der Waals surface area contributed by atoms with Crippen LogP contribution in [-0.2, 0) is 15.1 Å². The molecule has 23 heavy (non-hydrogen) atoms. The lowest BCUT2D eigenvalue weighted by atomic mass is 9.74. The minimum absolute atomic E-state index is 0.0403. The molecule has 2 fully saturated rings. The molecule has 2 aromatic rings. The molecule has 0 aromatic carbocycles. The van der Waals surface area contributed by atoms with E-state index in [1.54, 1.807) is 12.4 Å². The predicted molar refractivity (Wildman–Crippen MR) is 85.4 cm³/mol. The zero-order valence-corrected chi connectivity index (χ0v) is 13.0. The van der Waals surface area contributed by atoms with Crippen LogP contribution in [0.5, 0.6) is 0 Å². The summed E-state index contributed by atoms with van der Waals surface area (Å²) < 4.78 is 6.06. The van der Waals surface area contributed by atoms with Gasteiger partial charge in [0.1, 0.15) is 0 Å². The van der Waals surface area contributed by atoms with Gasteiger partial charge in [-0.25, -0.2) is 0 Å². The molecule has 2 aliphatic rings. The number of hydrogen-bond acceptors (Lipinski definition) is 4. The second-order valence-corrected chi connectivity index (χ2v) is 6.44. The fraction of sp³-hybridized carbons (Fsp3) is 0.421. The summed E-state index contributed by atoms with van der Waals surface area (Å²) >= 11 is 0. The van der Waals surface area contributed by atoms with Crippen molar-refractivity contribution in [2.75, 3.05) is 0 Å². The fourth-order valence-electron chi connectivity index (χ4n) is 4.17. The van der Waals surface area contributed by atoms with Gasteiger partial charge in [0, 0.05) is 18.3 Å². The third-order valence-electron chi connectivity index (χ3n) is 5.19. The van der Waals surface area contributed by atoms with Crippen molar-refractivity contribution in [2.24, 2.45) is 11.8 Å². The van der Waals surface area contributed by atoms with E-state index in [1.165, 1.54) is 6.42 Å². The zero-order chi connectivity index (χ0) is 15.7. The first kappa shape index (κ1) is 14.4. The third-order valence-corrected chi connectivity index (χ3v) is 5.19. The Morgan fingerprint density at radius 1 is 0.913 bits per heavy atom. The van der Waals surface area contributed by atoms with Crippen molar-refractivity contribution in [2.45, 2.75) is 37.7 Å². The summed E-state index contributed by atoms with van der Waals surface area (Å²) in [5.74, 6) is -0.0166. The minimum Gasteiger partial charge on any atom is -0.445 e. The topological polar surface area (TPSA) is 52.1 Å². The molecule has 0 unspecified atom stereocenters. The summed E-state index contributed by atoms with van der Waals surface area (Å²) in [6, 6.07) is 11.6. The Hall–Kier alpha value is -2.23. The summed E-state index contributed by atoms with van der Waals surface area (Å²) in [5.41, 5.74) is 0.747. The maximum atomic E-state index is 12.6. The number of nitrogens with zero attached hydrogens (tertiary/aromatic N) is 2. The van der Waals surface area contributed by atoms with E-state index < -0.39 is 5.60 Å². The van der Waals surface area contributed by atoms with Crippen molar-refractivity contribution >= 4 is 5.97 Å². The highest BCUT2D eigenvalue weighted by atomic mass is 16.6. The first-order chi connectivity index (χ1) is 11.3. The van der Waals surface area contributed by atoms with Crippen LogP contribution in [-0.4, -0.2) is 15.9 Å². The van der Waals surface area contributed by atoms with E-state index in [0.717, 1.165) is 37.1 Å². The SMILES string of the molecule is O=C1OC(c2ccccn2)(c2ccccn2)[C@@H]2CCCCC[C@H]12. The van der Waals surface area contributed by atoms with Crippen molar-refractivity contribution < 1.29 is 9.53 Å². The normalized spacial score (nSPS) is 26.2. The average molecular weight is 308 g/mol. The second kappa shape index (κ2) is 5.76. The average Bonchev–Trinajstić information content (AvgIpc) is 2.78. The first-order valence-electron chi connectivity index (χ1n) is 8.38. The predicted octanol–water partition coefficient (Wildman–Crippen LogP) is 3.47. The highest BCUT2D eigenvalue weighted by Crippen LogP contribution is 2.52. The van der Waals surface area contributed by atoms with E-state index >= 15 is 0 Å². The molecule has 1 aliphatic carbocycles. The summed E-state index contributed by atoms with van der Waals surface area (Å²) in [5, 5.41) is 0. The van der Waals surface area contributed by atoms with Crippen LogP contribution >= 0.6 is 0 Å². The number of esters is 1. The van der Waals surface area contributed by atoms with Crippen LogP contribution in [0.15, 0.2) is 48.8 Å². The Kier molecular flexibility index (Phi) is 3.60. The van der Waals surface area contributed by atoms with Gasteiger partial charge in [-0.05, 0) is 37.1 Å². The van der Waals surface area contributed by atoms with Crippen LogP contribution in [0.25, 0.3) is 0 Å². The molecular formula is C19H20N2O2. The molecule has 4 rings (SSSR count). The quantitative estimate of drug-likeness (QED) is 0.797. The van der Waals surface area contributed by atoms with E-state index in [9.17, 15) is 4.79 Å². The molecular weight excluding hydrogens is 288 g/mol. The third kappa shape index (κ3) is 2.24. The number of hydrogen-bond donors (Lipinski definition) is 0. The van der Waals surface area contributed by atoms with E-state index in [-0.39, 0.29) is 17.8 Å². The maximum Gasteiger partial charge on any atom is 0.310 e. The number of pyridine rings is 2. The molecule has 2 aromatic heterocycles. The molecule has 0 bridgehead atoms. The van der Waals surface area contributed by atoms with E-state index in [4.69, 9.17) is 4.74 Å². The Labute approximate surface area is 135 Å². The number of carbonyl (C=O) groups excluding carboxylic acids is 1. The number of rotatable bonds is 2. The van der Waals surface area contributed by atoms with Crippen molar-refractivity contribution in [1.29, 1.82) is 0 Å². The van der Waals surface area contributed by atoms with Crippen LogP contribution in [0.3, 0.4) is 0 Å². The van der Waals surface area contributed by atoms with Gasteiger partial charge in [0.25, 0.3) is 0 Å². The van der Waals surface area contributed by atoms with Gasteiger partial charge >= 0.3 is 5.97 Å². The summed E-state index contributed by atoms with van der Waals surface area (Å²) in [4.78, 5) is 21.7. The molecule has 1 saturated carbocycles. The van der Waals surface area contributed by atoms with Gasteiger partial charge in [-0.2, -0.15) is 0 Å². The van der Waals surface area contributed by atoms with E-state index in [0.29, 0.717) is 0 Å².